The van der Waals surface area contributed by atoms with Crippen LogP contribution in [0.1, 0.15) is 90.0 Å². The van der Waals surface area contributed by atoms with Gasteiger partial charge in [0.1, 0.15) is 0 Å². The molecular formula is C19H35NS. The lowest BCUT2D eigenvalue weighted by atomic mass is 9.97. The van der Waals surface area contributed by atoms with Crippen LogP contribution >= 0.6 is 11.3 Å². The molecule has 0 saturated heterocycles. The van der Waals surface area contributed by atoms with Crippen LogP contribution in [0.2, 0.25) is 0 Å². The molecule has 1 aromatic rings. The summed E-state index contributed by atoms with van der Waals surface area (Å²) in [6.07, 6.45) is 10.8. The topological polar surface area (TPSA) is 12.0 Å². The number of hydrogen-bond donors (Lipinski definition) is 1. The van der Waals surface area contributed by atoms with Gasteiger partial charge in [0.25, 0.3) is 0 Å². The van der Waals surface area contributed by atoms with Gasteiger partial charge in [-0.25, -0.2) is 0 Å². The largest absolute Gasteiger partial charge is 0.306 e. The first-order valence-electron chi connectivity index (χ1n) is 8.98. The number of unbranched alkanes of at least 4 members (excludes halogenated alkanes) is 4. The molecule has 0 spiro atoms. The van der Waals surface area contributed by atoms with Gasteiger partial charge in [-0.15, -0.1) is 11.3 Å². The summed E-state index contributed by atoms with van der Waals surface area (Å²) < 4.78 is 0. The maximum Gasteiger partial charge on any atom is 0.0440 e. The van der Waals surface area contributed by atoms with Crippen molar-refractivity contribution in [2.75, 3.05) is 0 Å². The lowest BCUT2D eigenvalue weighted by molar-refractivity contribution is 0.326. The number of hydrogen-bond acceptors (Lipinski definition) is 2. The van der Waals surface area contributed by atoms with Crippen LogP contribution in [0.3, 0.4) is 0 Å². The molecule has 1 heterocycles. The van der Waals surface area contributed by atoms with E-state index in [4.69, 9.17) is 0 Å². The third-order valence-corrected chi connectivity index (χ3v) is 5.20. The van der Waals surface area contributed by atoms with E-state index in [0.29, 0.717) is 18.0 Å². The van der Waals surface area contributed by atoms with Crippen molar-refractivity contribution in [3.05, 3.63) is 22.4 Å². The van der Waals surface area contributed by atoms with Gasteiger partial charge in [-0.1, -0.05) is 72.3 Å². The maximum absolute atomic E-state index is 3.98. The average Bonchev–Trinajstić information content (AvgIpc) is 2.98. The van der Waals surface area contributed by atoms with Crippen LogP contribution in [0.25, 0.3) is 0 Å². The van der Waals surface area contributed by atoms with Gasteiger partial charge in [0.05, 0.1) is 0 Å². The standard InChI is InChI=1S/C19H35NS/c1-5-7-9-12-17(13-10-8-6-2)20-19(16(3)4)18-14-11-15-21-18/h11,14-17,19-20H,5-10,12-13H2,1-4H3. The summed E-state index contributed by atoms with van der Waals surface area (Å²) in [4.78, 5) is 1.50. The zero-order valence-corrected chi connectivity index (χ0v) is 15.3. The molecule has 1 aromatic heterocycles. The molecule has 1 unspecified atom stereocenters. The van der Waals surface area contributed by atoms with E-state index in [1.165, 1.54) is 56.2 Å². The molecule has 1 atom stereocenters. The van der Waals surface area contributed by atoms with Crippen LogP contribution in [0.15, 0.2) is 17.5 Å². The summed E-state index contributed by atoms with van der Waals surface area (Å²) >= 11 is 1.90. The number of nitrogens with one attached hydrogen (secondary N) is 1. The Morgan fingerprint density at radius 2 is 1.62 bits per heavy atom. The molecule has 0 aliphatic rings. The maximum atomic E-state index is 3.98. The molecule has 2 heteroatoms. The molecule has 0 fully saturated rings. The van der Waals surface area contributed by atoms with Crippen molar-refractivity contribution < 1.29 is 0 Å². The summed E-state index contributed by atoms with van der Waals surface area (Å²) in [5, 5.41) is 6.19. The van der Waals surface area contributed by atoms with Crippen molar-refractivity contribution in [1.82, 2.24) is 5.32 Å². The fraction of sp³-hybridized carbons (Fsp3) is 0.789. The Morgan fingerprint density at radius 1 is 1.00 bits per heavy atom. The van der Waals surface area contributed by atoms with E-state index in [2.05, 4.69) is 50.5 Å². The molecular weight excluding hydrogens is 274 g/mol. The first-order chi connectivity index (χ1) is 10.2. The van der Waals surface area contributed by atoms with Crippen LogP contribution in [0, 0.1) is 5.92 Å². The summed E-state index contributed by atoms with van der Waals surface area (Å²) in [5.41, 5.74) is 0. The molecule has 1 rings (SSSR count). The molecule has 1 N–H and O–H groups in total. The minimum Gasteiger partial charge on any atom is -0.306 e. The van der Waals surface area contributed by atoms with Gasteiger partial charge >= 0.3 is 0 Å². The fourth-order valence-electron chi connectivity index (χ4n) is 2.92. The molecule has 0 aliphatic carbocycles. The van der Waals surface area contributed by atoms with Gasteiger partial charge < -0.3 is 5.32 Å². The zero-order chi connectivity index (χ0) is 15.5. The quantitative estimate of drug-likeness (QED) is 0.431. The van der Waals surface area contributed by atoms with Crippen LogP contribution in [0.5, 0.6) is 0 Å². The van der Waals surface area contributed by atoms with Crippen molar-refractivity contribution in [2.24, 2.45) is 5.92 Å². The van der Waals surface area contributed by atoms with Gasteiger partial charge in [-0.3, -0.25) is 0 Å². The molecule has 1 nitrogen and oxygen atoms in total. The van der Waals surface area contributed by atoms with Gasteiger partial charge in [0.2, 0.25) is 0 Å². The average molecular weight is 310 g/mol. The highest BCUT2D eigenvalue weighted by Gasteiger charge is 2.20. The monoisotopic (exact) mass is 309 g/mol. The third kappa shape index (κ3) is 7.46. The van der Waals surface area contributed by atoms with Crippen LogP contribution in [-0.4, -0.2) is 6.04 Å². The van der Waals surface area contributed by atoms with E-state index in [1.54, 1.807) is 0 Å². The lowest BCUT2D eigenvalue weighted by Gasteiger charge is -2.28. The number of thiophene rings is 1. The Kier molecular flexibility index (Phi) is 10.0. The smallest absolute Gasteiger partial charge is 0.0440 e. The third-order valence-electron chi connectivity index (χ3n) is 4.24. The first-order valence-corrected chi connectivity index (χ1v) is 9.86. The molecule has 0 aliphatic heterocycles. The minimum atomic E-state index is 0.526. The summed E-state index contributed by atoms with van der Waals surface area (Å²) in [7, 11) is 0. The molecule has 0 bridgehead atoms. The lowest BCUT2D eigenvalue weighted by Crippen LogP contribution is -2.35. The van der Waals surface area contributed by atoms with Crippen molar-refractivity contribution in [2.45, 2.75) is 91.1 Å². The van der Waals surface area contributed by atoms with Crippen molar-refractivity contribution >= 4 is 11.3 Å². The molecule has 0 saturated carbocycles. The summed E-state index contributed by atoms with van der Waals surface area (Å²) in [6, 6.07) is 5.69. The highest BCUT2D eigenvalue weighted by molar-refractivity contribution is 7.10. The molecule has 21 heavy (non-hydrogen) atoms. The van der Waals surface area contributed by atoms with E-state index < -0.39 is 0 Å². The molecule has 0 aromatic carbocycles. The van der Waals surface area contributed by atoms with Gasteiger partial charge in [-0.2, -0.15) is 0 Å². The van der Waals surface area contributed by atoms with Crippen LogP contribution < -0.4 is 5.32 Å². The van der Waals surface area contributed by atoms with Gasteiger partial charge in [0, 0.05) is 17.0 Å². The first kappa shape index (κ1) is 18.7. The van der Waals surface area contributed by atoms with E-state index in [1.807, 2.05) is 11.3 Å². The Balaban J connectivity index is 2.57. The second-order valence-corrected chi connectivity index (χ2v) is 7.57. The van der Waals surface area contributed by atoms with Crippen molar-refractivity contribution in [1.29, 1.82) is 0 Å². The second kappa shape index (κ2) is 11.3. The number of rotatable bonds is 12. The molecule has 122 valence electrons. The fourth-order valence-corrected chi connectivity index (χ4v) is 3.88. The highest BCUT2D eigenvalue weighted by atomic mass is 32.1. The predicted octanol–water partition coefficient (Wildman–Crippen LogP) is 6.56. The van der Waals surface area contributed by atoms with Crippen molar-refractivity contribution in [3.8, 4) is 0 Å². The summed E-state index contributed by atoms with van der Waals surface area (Å²) in [5.74, 6) is 0.656. The molecule has 0 amide bonds. The van der Waals surface area contributed by atoms with Gasteiger partial charge in [-0.05, 0) is 30.2 Å². The van der Waals surface area contributed by atoms with E-state index in [9.17, 15) is 0 Å². The van der Waals surface area contributed by atoms with E-state index in [0.717, 1.165) is 0 Å². The van der Waals surface area contributed by atoms with Crippen molar-refractivity contribution in [3.63, 3.8) is 0 Å². The Morgan fingerprint density at radius 3 is 2.05 bits per heavy atom. The minimum absolute atomic E-state index is 0.526. The van der Waals surface area contributed by atoms with Crippen LogP contribution in [0.4, 0.5) is 0 Å². The summed E-state index contributed by atoms with van der Waals surface area (Å²) in [6.45, 7) is 9.27. The van der Waals surface area contributed by atoms with Gasteiger partial charge in [0.15, 0.2) is 0 Å². The normalized spacial score (nSPS) is 13.2. The SMILES string of the molecule is CCCCCC(CCCCC)NC(c1cccs1)C(C)C. The Hall–Kier alpha value is -0.340. The molecule has 0 radical (unpaired) electrons. The highest BCUT2D eigenvalue weighted by Crippen LogP contribution is 2.27. The van der Waals surface area contributed by atoms with Crippen LogP contribution in [-0.2, 0) is 0 Å². The van der Waals surface area contributed by atoms with E-state index >= 15 is 0 Å². The Labute approximate surface area is 136 Å². The zero-order valence-electron chi connectivity index (χ0n) is 14.5. The predicted molar refractivity (Wildman–Crippen MR) is 97.1 cm³/mol. The second-order valence-electron chi connectivity index (χ2n) is 6.59. The van der Waals surface area contributed by atoms with E-state index in [-0.39, 0.29) is 0 Å². The Bertz CT molecular complexity index is 321.